The van der Waals surface area contributed by atoms with Gasteiger partial charge in [-0.05, 0) is 26.0 Å². The predicted octanol–water partition coefficient (Wildman–Crippen LogP) is -1.59. The topological polar surface area (TPSA) is 169 Å². The SMILES string of the molecule is C[C@@H](O)COc1cc(C(=O)NN)c(OC[C@@H](C)O)cc1C(=O)NN. The lowest BCUT2D eigenvalue weighted by molar-refractivity contribution is 0.0918. The molecule has 2 atom stereocenters. The Labute approximate surface area is 138 Å². The molecule has 0 radical (unpaired) electrons. The third-order valence-corrected chi connectivity index (χ3v) is 2.79. The monoisotopic (exact) mass is 342 g/mol. The minimum absolute atomic E-state index is 0.00712. The van der Waals surface area contributed by atoms with Crippen LogP contribution in [0.15, 0.2) is 12.1 Å². The van der Waals surface area contributed by atoms with E-state index >= 15 is 0 Å². The quantitative estimate of drug-likeness (QED) is 0.187. The number of aliphatic hydroxyl groups is 2. The fourth-order valence-corrected chi connectivity index (χ4v) is 1.73. The first-order valence-corrected chi connectivity index (χ1v) is 7.11. The van der Waals surface area contributed by atoms with Crippen molar-refractivity contribution < 1.29 is 29.3 Å². The smallest absolute Gasteiger partial charge is 0.269 e. The van der Waals surface area contributed by atoms with Gasteiger partial charge in [-0.1, -0.05) is 0 Å². The van der Waals surface area contributed by atoms with E-state index in [0.29, 0.717) is 0 Å². The van der Waals surface area contributed by atoms with Crippen molar-refractivity contribution in [3.05, 3.63) is 23.3 Å². The lowest BCUT2D eigenvalue weighted by Crippen LogP contribution is -2.32. The van der Waals surface area contributed by atoms with E-state index in [-0.39, 0.29) is 35.8 Å². The Morgan fingerprint density at radius 2 is 1.29 bits per heavy atom. The molecule has 24 heavy (non-hydrogen) atoms. The maximum Gasteiger partial charge on any atom is 0.269 e. The van der Waals surface area contributed by atoms with E-state index in [4.69, 9.17) is 21.2 Å². The van der Waals surface area contributed by atoms with Crippen molar-refractivity contribution >= 4 is 11.8 Å². The number of hydrogen-bond donors (Lipinski definition) is 6. The first kappa shape index (κ1) is 19.6. The average molecular weight is 342 g/mol. The maximum atomic E-state index is 11.9. The molecule has 0 bridgehead atoms. The van der Waals surface area contributed by atoms with Crippen LogP contribution in [0.5, 0.6) is 11.5 Å². The first-order valence-electron chi connectivity index (χ1n) is 7.11. The molecule has 0 heterocycles. The molecule has 1 aromatic rings. The van der Waals surface area contributed by atoms with Crippen molar-refractivity contribution in [1.82, 2.24) is 10.9 Å². The number of ether oxygens (including phenoxy) is 2. The Bertz CT molecular complexity index is 539. The summed E-state index contributed by atoms with van der Waals surface area (Å²) in [5, 5.41) is 18.6. The summed E-state index contributed by atoms with van der Waals surface area (Å²) in [5.74, 6) is 8.95. The summed E-state index contributed by atoms with van der Waals surface area (Å²) in [6, 6.07) is 2.49. The highest BCUT2D eigenvalue weighted by atomic mass is 16.5. The lowest BCUT2D eigenvalue weighted by atomic mass is 10.1. The molecule has 1 rings (SSSR count). The number of aliphatic hydroxyl groups excluding tert-OH is 2. The molecule has 1 aromatic carbocycles. The van der Waals surface area contributed by atoms with Gasteiger partial charge in [-0.15, -0.1) is 0 Å². The van der Waals surface area contributed by atoms with Gasteiger partial charge in [0, 0.05) is 0 Å². The number of hydrazine groups is 2. The van der Waals surface area contributed by atoms with Gasteiger partial charge >= 0.3 is 0 Å². The van der Waals surface area contributed by atoms with E-state index in [1.807, 2.05) is 10.9 Å². The van der Waals surface area contributed by atoms with Crippen LogP contribution in [0.1, 0.15) is 34.6 Å². The van der Waals surface area contributed by atoms with Gasteiger partial charge < -0.3 is 19.7 Å². The number of rotatable bonds is 8. The van der Waals surface area contributed by atoms with Gasteiger partial charge in [0.05, 0.1) is 23.3 Å². The molecule has 0 unspecified atom stereocenters. The molecular formula is C14H22N4O6. The van der Waals surface area contributed by atoms with E-state index in [2.05, 4.69) is 0 Å². The molecule has 2 amide bonds. The van der Waals surface area contributed by atoms with Crippen LogP contribution >= 0.6 is 0 Å². The van der Waals surface area contributed by atoms with Crippen LogP contribution in [0, 0.1) is 0 Å². The summed E-state index contributed by atoms with van der Waals surface area (Å²) in [6.45, 7) is 2.78. The maximum absolute atomic E-state index is 11.9. The molecule has 0 aromatic heterocycles. The van der Waals surface area contributed by atoms with Gasteiger partial charge in [-0.2, -0.15) is 0 Å². The second-order valence-corrected chi connectivity index (χ2v) is 5.11. The van der Waals surface area contributed by atoms with Gasteiger partial charge in [-0.3, -0.25) is 20.4 Å². The molecule has 0 saturated carbocycles. The number of nitrogen functional groups attached to an aromatic ring is 2. The molecular weight excluding hydrogens is 320 g/mol. The summed E-state index contributed by atoms with van der Waals surface area (Å²) >= 11 is 0. The highest BCUT2D eigenvalue weighted by molar-refractivity contribution is 6.02. The summed E-state index contributed by atoms with van der Waals surface area (Å²) in [4.78, 5) is 23.8. The standard InChI is InChI=1S/C14H22N4O6/c1-7(19)5-23-11-3-10(14(22)18-16)12(24-6-8(2)20)4-9(11)13(21)17-15/h3-4,7-8,19-20H,5-6,15-16H2,1-2H3,(H,17,21)(H,18,22)/t7-,8-/m1/s1. The van der Waals surface area contributed by atoms with Crippen molar-refractivity contribution in [2.45, 2.75) is 26.1 Å². The van der Waals surface area contributed by atoms with Crippen molar-refractivity contribution in [3.63, 3.8) is 0 Å². The first-order chi connectivity index (χ1) is 11.3. The lowest BCUT2D eigenvalue weighted by Gasteiger charge is -2.17. The van der Waals surface area contributed by atoms with Crippen molar-refractivity contribution in [1.29, 1.82) is 0 Å². The molecule has 134 valence electrons. The van der Waals surface area contributed by atoms with Crippen LogP contribution in [0.25, 0.3) is 0 Å². The van der Waals surface area contributed by atoms with Crippen LogP contribution in [0.4, 0.5) is 0 Å². The second-order valence-electron chi connectivity index (χ2n) is 5.11. The number of amides is 2. The normalized spacial score (nSPS) is 12.9. The Morgan fingerprint density at radius 3 is 1.54 bits per heavy atom. The number of benzene rings is 1. The van der Waals surface area contributed by atoms with E-state index in [1.54, 1.807) is 0 Å². The van der Waals surface area contributed by atoms with E-state index in [0.717, 1.165) is 0 Å². The highest BCUT2D eigenvalue weighted by Gasteiger charge is 2.21. The van der Waals surface area contributed by atoms with Crippen molar-refractivity contribution in [2.75, 3.05) is 13.2 Å². The van der Waals surface area contributed by atoms with E-state index in [9.17, 15) is 19.8 Å². The number of carbonyl (C=O) groups excluding carboxylic acids is 2. The molecule has 0 spiro atoms. The molecule has 0 aliphatic heterocycles. The van der Waals surface area contributed by atoms with Crippen LogP contribution < -0.4 is 32.0 Å². The molecule has 10 nitrogen and oxygen atoms in total. The zero-order valence-electron chi connectivity index (χ0n) is 13.4. The fourth-order valence-electron chi connectivity index (χ4n) is 1.73. The Kier molecular flexibility index (Phi) is 7.39. The van der Waals surface area contributed by atoms with E-state index in [1.165, 1.54) is 26.0 Å². The highest BCUT2D eigenvalue weighted by Crippen LogP contribution is 2.29. The zero-order valence-corrected chi connectivity index (χ0v) is 13.4. The molecule has 0 fully saturated rings. The summed E-state index contributed by atoms with van der Waals surface area (Å²) in [6.07, 6.45) is -1.59. The van der Waals surface area contributed by atoms with E-state index < -0.39 is 24.0 Å². The molecule has 0 aliphatic carbocycles. The molecule has 10 heteroatoms. The Morgan fingerprint density at radius 1 is 0.958 bits per heavy atom. The Balaban J connectivity index is 3.35. The fraction of sp³-hybridized carbons (Fsp3) is 0.429. The van der Waals surface area contributed by atoms with Crippen LogP contribution in [0.3, 0.4) is 0 Å². The second kappa shape index (κ2) is 9.03. The van der Waals surface area contributed by atoms with Gasteiger partial charge in [0.2, 0.25) is 0 Å². The van der Waals surface area contributed by atoms with Crippen LogP contribution in [0.2, 0.25) is 0 Å². The molecule has 0 aliphatic rings. The third kappa shape index (κ3) is 5.35. The third-order valence-electron chi connectivity index (χ3n) is 2.79. The number of nitrogens with two attached hydrogens (primary N) is 2. The number of nitrogens with one attached hydrogen (secondary N) is 2. The van der Waals surface area contributed by atoms with Gasteiger partial charge in [-0.25, -0.2) is 11.7 Å². The summed E-state index contributed by atoms with van der Waals surface area (Å²) in [5.41, 5.74) is 3.89. The minimum atomic E-state index is -0.795. The predicted molar refractivity (Wildman–Crippen MR) is 84.1 cm³/mol. The molecule has 0 saturated heterocycles. The van der Waals surface area contributed by atoms with Crippen molar-refractivity contribution in [2.24, 2.45) is 11.7 Å². The summed E-state index contributed by atoms with van der Waals surface area (Å²) in [7, 11) is 0. The average Bonchev–Trinajstić information content (AvgIpc) is 2.56. The minimum Gasteiger partial charge on any atom is -0.490 e. The zero-order chi connectivity index (χ0) is 18.3. The summed E-state index contributed by atoms with van der Waals surface area (Å²) < 4.78 is 10.7. The van der Waals surface area contributed by atoms with Crippen LogP contribution in [-0.4, -0.2) is 47.4 Å². The number of hydrogen-bond acceptors (Lipinski definition) is 8. The van der Waals surface area contributed by atoms with Crippen molar-refractivity contribution in [3.8, 4) is 11.5 Å². The van der Waals surface area contributed by atoms with Crippen LogP contribution in [-0.2, 0) is 0 Å². The largest absolute Gasteiger partial charge is 0.490 e. The van der Waals surface area contributed by atoms with Gasteiger partial charge in [0.25, 0.3) is 11.8 Å². The number of carbonyl (C=O) groups is 2. The van der Waals surface area contributed by atoms with Gasteiger partial charge in [0.1, 0.15) is 24.7 Å². The van der Waals surface area contributed by atoms with Gasteiger partial charge in [0.15, 0.2) is 0 Å². The molecule has 8 N–H and O–H groups in total. The Hall–Kier alpha value is -2.40.